The Hall–Kier alpha value is -3.61. The van der Waals surface area contributed by atoms with Crippen molar-refractivity contribution >= 4 is 23.3 Å². The molecule has 0 saturated carbocycles. The topological polar surface area (TPSA) is 76.5 Å². The number of anilines is 2. The van der Waals surface area contributed by atoms with Crippen LogP contribution in [0, 0.1) is 0 Å². The van der Waals surface area contributed by atoms with Crippen LogP contribution < -0.4 is 10.2 Å². The molecule has 2 aromatic carbocycles. The van der Waals surface area contributed by atoms with Crippen molar-refractivity contribution in [3.63, 3.8) is 0 Å². The molecule has 1 amide bonds. The number of ether oxygens (including phenoxy) is 1. The Labute approximate surface area is 188 Å². The van der Waals surface area contributed by atoms with Crippen molar-refractivity contribution in [2.45, 2.75) is 32.1 Å². The van der Waals surface area contributed by atoms with Crippen molar-refractivity contribution in [2.24, 2.45) is 0 Å². The van der Waals surface area contributed by atoms with E-state index < -0.39 is 5.97 Å². The molecule has 1 saturated heterocycles. The fourth-order valence-electron chi connectivity index (χ4n) is 3.78. The quantitative estimate of drug-likeness (QED) is 0.545. The highest BCUT2D eigenvalue weighted by Gasteiger charge is 2.12. The number of hydrogen-bond donors (Lipinski definition) is 1. The Morgan fingerprint density at radius 1 is 0.938 bits per heavy atom. The van der Waals surface area contributed by atoms with E-state index in [1.807, 2.05) is 60.8 Å². The van der Waals surface area contributed by atoms with Gasteiger partial charge in [-0.3, -0.25) is 9.59 Å². The van der Waals surface area contributed by atoms with Gasteiger partial charge in [-0.2, -0.15) is 5.10 Å². The van der Waals surface area contributed by atoms with Gasteiger partial charge in [-0.25, -0.2) is 4.68 Å². The summed E-state index contributed by atoms with van der Waals surface area (Å²) in [7, 11) is 0. The highest BCUT2D eigenvalue weighted by atomic mass is 16.5. The van der Waals surface area contributed by atoms with Crippen molar-refractivity contribution in [3.05, 3.63) is 72.6 Å². The second kappa shape index (κ2) is 10.6. The number of para-hydroxylation sites is 1. The highest BCUT2D eigenvalue weighted by molar-refractivity contribution is 5.92. The van der Waals surface area contributed by atoms with E-state index in [-0.39, 0.29) is 18.9 Å². The summed E-state index contributed by atoms with van der Waals surface area (Å²) in [6, 6.07) is 17.6. The lowest BCUT2D eigenvalue weighted by atomic mass is 10.1. The lowest BCUT2D eigenvalue weighted by molar-refractivity contribution is -0.147. The van der Waals surface area contributed by atoms with E-state index in [2.05, 4.69) is 15.3 Å². The number of benzene rings is 2. The summed E-state index contributed by atoms with van der Waals surface area (Å²) in [4.78, 5) is 26.5. The summed E-state index contributed by atoms with van der Waals surface area (Å²) in [5, 5.41) is 7.09. The molecule has 4 rings (SSSR count). The average Bonchev–Trinajstić information content (AvgIpc) is 3.32. The summed E-state index contributed by atoms with van der Waals surface area (Å²) in [6.45, 7) is 1.86. The summed E-state index contributed by atoms with van der Waals surface area (Å²) in [6.07, 6.45) is 8.06. The van der Waals surface area contributed by atoms with E-state index in [1.165, 1.54) is 24.9 Å². The Balaban J connectivity index is 1.18. The minimum atomic E-state index is -0.409. The molecule has 0 radical (unpaired) electrons. The summed E-state index contributed by atoms with van der Waals surface area (Å²) in [5.74, 6) is -0.756. The van der Waals surface area contributed by atoms with Crippen LogP contribution in [0.5, 0.6) is 0 Å². The van der Waals surface area contributed by atoms with Gasteiger partial charge in [0.2, 0.25) is 0 Å². The van der Waals surface area contributed by atoms with Crippen LogP contribution in [0.2, 0.25) is 0 Å². The predicted octanol–water partition coefficient (Wildman–Crippen LogP) is 3.98. The molecule has 1 aliphatic rings. The number of carbonyl (C=O) groups is 2. The van der Waals surface area contributed by atoms with Crippen LogP contribution in [-0.4, -0.2) is 41.4 Å². The van der Waals surface area contributed by atoms with Gasteiger partial charge >= 0.3 is 5.97 Å². The molecule has 1 aromatic heterocycles. The lowest BCUT2D eigenvalue weighted by Gasteiger charge is -2.28. The zero-order chi connectivity index (χ0) is 22.2. The normalized spacial score (nSPS) is 13.6. The molecule has 0 atom stereocenters. The number of aryl methyl sites for hydroxylation is 1. The molecule has 1 fully saturated rings. The van der Waals surface area contributed by atoms with E-state index >= 15 is 0 Å². The van der Waals surface area contributed by atoms with E-state index in [9.17, 15) is 9.59 Å². The van der Waals surface area contributed by atoms with Crippen LogP contribution in [0.3, 0.4) is 0 Å². The third kappa shape index (κ3) is 5.97. The number of piperidine rings is 1. The molecule has 0 unspecified atom stereocenters. The SMILES string of the molecule is O=C(COC(=O)CCc1cnn(-c2ccccc2)c1)Nc1ccc(N2CCCCC2)cc1. The molecular weight excluding hydrogens is 404 g/mol. The third-order valence-corrected chi connectivity index (χ3v) is 5.51. The van der Waals surface area contributed by atoms with Crippen molar-refractivity contribution in [2.75, 3.05) is 29.9 Å². The smallest absolute Gasteiger partial charge is 0.306 e. The van der Waals surface area contributed by atoms with Gasteiger partial charge in [0.05, 0.1) is 11.9 Å². The molecule has 1 N–H and O–H groups in total. The molecule has 0 bridgehead atoms. The van der Waals surface area contributed by atoms with Gasteiger partial charge in [0.15, 0.2) is 6.61 Å². The molecule has 3 aromatic rings. The van der Waals surface area contributed by atoms with Crippen LogP contribution in [0.4, 0.5) is 11.4 Å². The molecule has 166 valence electrons. The Morgan fingerprint density at radius 2 is 1.69 bits per heavy atom. The van der Waals surface area contributed by atoms with E-state index in [0.29, 0.717) is 12.1 Å². The van der Waals surface area contributed by atoms with Gasteiger partial charge in [-0.05, 0) is 67.6 Å². The van der Waals surface area contributed by atoms with Crippen molar-refractivity contribution < 1.29 is 14.3 Å². The maximum Gasteiger partial charge on any atom is 0.306 e. The molecule has 2 heterocycles. The minimum Gasteiger partial charge on any atom is -0.456 e. The first kappa shape index (κ1) is 21.6. The maximum atomic E-state index is 12.1. The number of aromatic nitrogens is 2. The van der Waals surface area contributed by atoms with Crippen LogP contribution >= 0.6 is 0 Å². The fraction of sp³-hybridized carbons (Fsp3) is 0.320. The van der Waals surface area contributed by atoms with E-state index in [0.717, 1.165) is 24.3 Å². The van der Waals surface area contributed by atoms with Crippen LogP contribution in [0.1, 0.15) is 31.2 Å². The highest BCUT2D eigenvalue weighted by Crippen LogP contribution is 2.21. The lowest BCUT2D eigenvalue weighted by Crippen LogP contribution is -2.29. The standard InChI is InChI=1S/C25H28N4O3/c30-24(27-21-10-12-22(13-11-21)28-15-5-2-6-16-28)19-32-25(31)14-9-20-17-26-29(18-20)23-7-3-1-4-8-23/h1,3-4,7-8,10-13,17-18H,2,5-6,9,14-16,19H2,(H,27,30). The second-order valence-electron chi connectivity index (χ2n) is 7.93. The molecule has 32 heavy (non-hydrogen) atoms. The summed E-state index contributed by atoms with van der Waals surface area (Å²) >= 11 is 0. The Kier molecular flexibility index (Phi) is 7.17. The largest absolute Gasteiger partial charge is 0.456 e. The first-order chi connectivity index (χ1) is 15.7. The molecular formula is C25H28N4O3. The van der Waals surface area contributed by atoms with Crippen LogP contribution in [0.25, 0.3) is 5.69 Å². The monoisotopic (exact) mass is 432 g/mol. The zero-order valence-electron chi connectivity index (χ0n) is 18.1. The number of amides is 1. The fourth-order valence-corrected chi connectivity index (χ4v) is 3.78. The Morgan fingerprint density at radius 3 is 2.44 bits per heavy atom. The van der Waals surface area contributed by atoms with Crippen molar-refractivity contribution in [3.8, 4) is 5.69 Å². The first-order valence-electron chi connectivity index (χ1n) is 11.1. The first-order valence-corrected chi connectivity index (χ1v) is 11.1. The maximum absolute atomic E-state index is 12.1. The molecule has 0 aliphatic carbocycles. The van der Waals surface area contributed by atoms with Crippen molar-refractivity contribution in [1.82, 2.24) is 9.78 Å². The van der Waals surface area contributed by atoms with Crippen molar-refractivity contribution in [1.29, 1.82) is 0 Å². The molecule has 0 spiro atoms. The number of esters is 1. The summed E-state index contributed by atoms with van der Waals surface area (Å²) < 4.78 is 6.89. The minimum absolute atomic E-state index is 0.193. The van der Waals surface area contributed by atoms with Gasteiger partial charge < -0.3 is 15.0 Å². The molecule has 1 aliphatic heterocycles. The molecule has 7 heteroatoms. The number of carbonyl (C=O) groups excluding carboxylic acids is 2. The zero-order valence-corrected chi connectivity index (χ0v) is 18.1. The number of rotatable bonds is 8. The summed E-state index contributed by atoms with van der Waals surface area (Å²) in [5.41, 5.74) is 3.76. The van der Waals surface area contributed by atoms with Crippen LogP contribution in [0.15, 0.2) is 67.0 Å². The third-order valence-electron chi connectivity index (χ3n) is 5.51. The van der Waals surface area contributed by atoms with E-state index in [4.69, 9.17) is 4.74 Å². The Bertz CT molecular complexity index is 1020. The average molecular weight is 433 g/mol. The number of hydrogen-bond acceptors (Lipinski definition) is 5. The van der Waals surface area contributed by atoms with Gasteiger partial charge in [0, 0.05) is 37.1 Å². The van der Waals surface area contributed by atoms with Gasteiger partial charge in [-0.15, -0.1) is 0 Å². The van der Waals surface area contributed by atoms with Gasteiger partial charge in [0.1, 0.15) is 0 Å². The number of nitrogens with zero attached hydrogens (tertiary/aromatic N) is 3. The van der Waals surface area contributed by atoms with E-state index in [1.54, 1.807) is 10.9 Å². The second-order valence-corrected chi connectivity index (χ2v) is 7.93. The van der Waals surface area contributed by atoms with Crippen LogP contribution in [-0.2, 0) is 20.7 Å². The predicted molar refractivity (Wildman–Crippen MR) is 124 cm³/mol. The van der Waals surface area contributed by atoms with Gasteiger partial charge in [0.25, 0.3) is 5.91 Å². The number of nitrogens with one attached hydrogen (secondary N) is 1. The van der Waals surface area contributed by atoms with Gasteiger partial charge in [-0.1, -0.05) is 18.2 Å². The molecule has 7 nitrogen and oxygen atoms in total.